The molecule has 0 saturated heterocycles. The van der Waals surface area contributed by atoms with Crippen molar-refractivity contribution in [1.29, 1.82) is 0 Å². The smallest absolute Gasteiger partial charge is 0.230 e. The SMILES string of the molecule is CCN(CC)c1ccc(Nc2ccc(NC(=O)Cc3ccccc3F)nn2)cc1. The van der Waals surface area contributed by atoms with E-state index in [0.717, 1.165) is 18.8 Å². The van der Waals surface area contributed by atoms with Gasteiger partial charge < -0.3 is 15.5 Å². The molecule has 0 fully saturated rings. The molecule has 2 N–H and O–H groups in total. The largest absolute Gasteiger partial charge is 0.372 e. The molecule has 0 unspecified atom stereocenters. The van der Waals surface area contributed by atoms with Crippen molar-refractivity contribution in [3.05, 3.63) is 72.0 Å². The third-order valence-corrected chi connectivity index (χ3v) is 4.51. The van der Waals surface area contributed by atoms with Crippen LogP contribution in [0.25, 0.3) is 0 Å². The van der Waals surface area contributed by atoms with Crippen molar-refractivity contribution in [3.63, 3.8) is 0 Å². The van der Waals surface area contributed by atoms with Crippen molar-refractivity contribution in [3.8, 4) is 0 Å². The predicted molar refractivity (Wildman–Crippen MR) is 114 cm³/mol. The van der Waals surface area contributed by atoms with Gasteiger partial charge in [-0.2, -0.15) is 0 Å². The van der Waals surface area contributed by atoms with Crippen molar-refractivity contribution in [2.45, 2.75) is 20.3 Å². The molecule has 1 aromatic heterocycles. The van der Waals surface area contributed by atoms with Crippen LogP contribution in [-0.2, 0) is 11.2 Å². The quantitative estimate of drug-likeness (QED) is 0.594. The van der Waals surface area contributed by atoms with E-state index in [9.17, 15) is 9.18 Å². The van der Waals surface area contributed by atoms with E-state index in [4.69, 9.17) is 0 Å². The van der Waals surface area contributed by atoms with Crippen LogP contribution in [0.2, 0.25) is 0 Å². The maximum atomic E-state index is 13.6. The van der Waals surface area contributed by atoms with Gasteiger partial charge in [-0.05, 0) is 61.9 Å². The fraction of sp³-hybridized carbons (Fsp3) is 0.227. The molecule has 29 heavy (non-hydrogen) atoms. The highest BCUT2D eigenvalue weighted by molar-refractivity contribution is 5.91. The Hall–Kier alpha value is -3.48. The maximum absolute atomic E-state index is 13.6. The van der Waals surface area contributed by atoms with Gasteiger partial charge in [-0.1, -0.05) is 18.2 Å². The van der Waals surface area contributed by atoms with Crippen LogP contribution in [0.1, 0.15) is 19.4 Å². The van der Waals surface area contributed by atoms with Crippen LogP contribution < -0.4 is 15.5 Å². The van der Waals surface area contributed by atoms with E-state index in [-0.39, 0.29) is 12.3 Å². The Labute approximate surface area is 169 Å². The van der Waals surface area contributed by atoms with Gasteiger partial charge in [0.25, 0.3) is 0 Å². The molecule has 0 spiro atoms. The van der Waals surface area contributed by atoms with Crippen LogP contribution in [0.4, 0.5) is 27.4 Å². The number of halogens is 1. The Kier molecular flexibility index (Phi) is 6.73. The number of carbonyl (C=O) groups is 1. The molecule has 3 aromatic rings. The second kappa shape index (κ2) is 9.64. The van der Waals surface area contributed by atoms with Crippen LogP contribution in [0.3, 0.4) is 0 Å². The first-order valence-corrected chi connectivity index (χ1v) is 9.58. The molecule has 1 heterocycles. The molecule has 1 amide bonds. The highest BCUT2D eigenvalue weighted by Crippen LogP contribution is 2.20. The lowest BCUT2D eigenvalue weighted by molar-refractivity contribution is -0.115. The zero-order valence-electron chi connectivity index (χ0n) is 16.5. The van der Waals surface area contributed by atoms with Gasteiger partial charge in [-0.25, -0.2) is 4.39 Å². The van der Waals surface area contributed by atoms with Gasteiger partial charge in [-0.15, -0.1) is 10.2 Å². The van der Waals surface area contributed by atoms with Crippen LogP contribution in [0.15, 0.2) is 60.7 Å². The second-order valence-corrected chi connectivity index (χ2v) is 6.46. The van der Waals surface area contributed by atoms with E-state index < -0.39 is 5.82 Å². The van der Waals surface area contributed by atoms with Crippen molar-refractivity contribution < 1.29 is 9.18 Å². The second-order valence-electron chi connectivity index (χ2n) is 6.46. The lowest BCUT2D eigenvalue weighted by atomic mass is 10.1. The molecular weight excluding hydrogens is 369 g/mol. The number of benzene rings is 2. The number of aromatic nitrogens is 2. The molecule has 0 atom stereocenters. The van der Waals surface area contributed by atoms with Crippen LogP contribution in [-0.4, -0.2) is 29.2 Å². The van der Waals surface area contributed by atoms with E-state index in [1.54, 1.807) is 30.3 Å². The summed E-state index contributed by atoms with van der Waals surface area (Å²) < 4.78 is 13.6. The van der Waals surface area contributed by atoms with E-state index >= 15 is 0 Å². The van der Waals surface area contributed by atoms with Crippen molar-refractivity contribution >= 4 is 28.9 Å². The third-order valence-electron chi connectivity index (χ3n) is 4.51. The zero-order chi connectivity index (χ0) is 20.6. The molecule has 150 valence electrons. The first-order chi connectivity index (χ1) is 14.1. The molecule has 2 aromatic carbocycles. The highest BCUT2D eigenvalue weighted by Gasteiger charge is 2.09. The van der Waals surface area contributed by atoms with E-state index in [0.29, 0.717) is 17.2 Å². The van der Waals surface area contributed by atoms with E-state index in [1.165, 1.54) is 11.8 Å². The minimum absolute atomic E-state index is 0.0623. The van der Waals surface area contributed by atoms with E-state index in [1.807, 2.05) is 12.1 Å². The van der Waals surface area contributed by atoms with Crippen LogP contribution >= 0.6 is 0 Å². The first-order valence-electron chi connectivity index (χ1n) is 9.58. The summed E-state index contributed by atoms with van der Waals surface area (Å²) in [5.41, 5.74) is 2.40. The first kappa shape index (κ1) is 20.3. The summed E-state index contributed by atoms with van der Waals surface area (Å²) in [5.74, 6) is 0.124. The van der Waals surface area contributed by atoms with Gasteiger partial charge in [0, 0.05) is 24.5 Å². The van der Waals surface area contributed by atoms with Gasteiger partial charge in [0.2, 0.25) is 5.91 Å². The molecule has 0 bridgehead atoms. The summed E-state index contributed by atoms with van der Waals surface area (Å²) >= 11 is 0. The minimum Gasteiger partial charge on any atom is -0.372 e. The summed E-state index contributed by atoms with van der Waals surface area (Å²) in [6.45, 7) is 6.17. The summed E-state index contributed by atoms with van der Waals surface area (Å²) in [4.78, 5) is 14.3. The Morgan fingerprint density at radius 1 is 0.931 bits per heavy atom. The number of carbonyl (C=O) groups excluding carboxylic acids is 1. The number of anilines is 4. The maximum Gasteiger partial charge on any atom is 0.230 e. The summed E-state index contributed by atoms with van der Waals surface area (Å²) in [6, 6.07) is 17.7. The number of hydrogen-bond donors (Lipinski definition) is 2. The topological polar surface area (TPSA) is 70.2 Å². The van der Waals surface area contributed by atoms with Crippen molar-refractivity contribution in [2.24, 2.45) is 0 Å². The number of amides is 1. The molecule has 0 radical (unpaired) electrons. The Balaban J connectivity index is 1.57. The van der Waals surface area contributed by atoms with Gasteiger partial charge in [0.15, 0.2) is 11.6 Å². The molecule has 7 heteroatoms. The number of rotatable bonds is 8. The average Bonchev–Trinajstić information content (AvgIpc) is 2.73. The van der Waals surface area contributed by atoms with Gasteiger partial charge >= 0.3 is 0 Å². The normalized spacial score (nSPS) is 10.4. The predicted octanol–water partition coefficient (Wildman–Crippen LogP) is 4.39. The lowest BCUT2D eigenvalue weighted by Crippen LogP contribution is -2.21. The van der Waals surface area contributed by atoms with Crippen LogP contribution in [0.5, 0.6) is 0 Å². The summed E-state index contributed by atoms with van der Waals surface area (Å²) in [6.07, 6.45) is -0.0623. The van der Waals surface area contributed by atoms with Crippen LogP contribution in [0, 0.1) is 5.82 Å². The van der Waals surface area contributed by atoms with Gasteiger partial charge in [-0.3, -0.25) is 4.79 Å². The monoisotopic (exact) mass is 393 g/mol. The van der Waals surface area contributed by atoms with Crippen molar-refractivity contribution in [2.75, 3.05) is 28.6 Å². The Morgan fingerprint density at radius 2 is 1.59 bits per heavy atom. The van der Waals surface area contributed by atoms with E-state index in [2.05, 4.69) is 51.7 Å². The number of hydrogen-bond acceptors (Lipinski definition) is 5. The fourth-order valence-electron chi connectivity index (χ4n) is 2.96. The van der Waals surface area contributed by atoms with Gasteiger partial charge in [0.1, 0.15) is 5.82 Å². The fourth-order valence-corrected chi connectivity index (χ4v) is 2.96. The Morgan fingerprint density at radius 3 is 2.21 bits per heavy atom. The average molecular weight is 393 g/mol. The zero-order valence-corrected chi connectivity index (χ0v) is 16.5. The Bertz CT molecular complexity index is 940. The highest BCUT2D eigenvalue weighted by atomic mass is 19.1. The molecule has 0 aliphatic heterocycles. The minimum atomic E-state index is -0.403. The molecule has 0 saturated carbocycles. The number of nitrogens with zero attached hydrogens (tertiary/aromatic N) is 3. The molecule has 6 nitrogen and oxygen atoms in total. The lowest BCUT2D eigenvalue weighted by Gasteiger charge is -2.21. The molecule has 0 aliphatic carbocycles. The molecule has 0 aliphatic rings. The number of nitrogens with one attached hydrogen (secondary N) is 2. The third kappa shape index (κ3) is 5.51. The van der Waals surface area contributed by atoms with Crippen molar-refractivity contribution in [1.82, 2.24) is 10.2 Å². The summed E-state index contributed by atoms with van der Waals surface area (Å²) in [5, 5.41) is 13.9. The summed E-state index contributed by atoms with van der Waals surface area (Å²) in [7, 11) is 0. The molecular formula is C22H24FN5O. The standard InChI is InChI=1S/C22H24FN5O/c1-3-28(4-2)18-11-9-17(10-12-18)24-20-13-14-21(27-26-20)25-22(29)15-16-7-5-6-8-19(16)23/h5-14H,3-4,15H2,1-2H3,(H,24,26)(H,25,27,29). The molecule has 3 rings (SSSR count). The van der Waals surface area contributed by atoms with Gasteiger partial charge in [0.05, 0.1) is 6.42 Å².